The highest BCUT2D eigenvalue weighted by Crippen LogP contribution is 2.22. The Morgan fingerprint density at radius 2 is 1.89 bits per heavy atom. The Morgan fingerprint density at radius 3 is 2.44 bits per heavy atom. The van der Waals surface area contributed by atoms with Crippen LogP contribution in [0.15, 0.2) is 30.5 Å². The molecule has 0 saturated carbocycles. The maximum atomic E-state index is 5.18. The molecule has 0 unspecified atom stereocenters. The quantitative estimate of drug-likeness (QED) is 0.822. The van der Waals surface area contributed by atoms with E-state index in [-0.39, 0.29) is 0 Å². The van der Waals surface area contributed by atoms with Crippen LogP contribution in [0, 0.1) is 12.8 Å². The average molecular weight is 244 g/mol. The molecule has 0 aliphatic heterocycles. The highest BCUT2D eigenvalue weighted by Gasteiger charge is 2.09. The summed E-state index contributed by atoms with van der Waals surface area (Å²) >= 11 is 0. The van der Waals surface area contributed by atoms with Crippen LogP contribution in [0.3, 0.4) is 0 Å². The Labute approximate surface area is 108 Å². The molecule has 0 saturated heterocycles. The zero-order valence-corrected chi connectivity index (χ0v) is 11.5. The van der Waals surface area contributed by atoms with Crippen LogP contribution in [0.25, 0.3) is 11.4 Å². The summed E-state index contributed by atoms with van der Waals surface area (Å²) < 4.78 is 7.40. The second kappa shape index (κ2) is 5.25. The summed E-state index contributed by atoms with van der Waals surface area (Å²) in [5.74, 6) is 2.51. The maximum absolute atomic E-state index is 5.18. The molecule has 0 N–H and O–H groups in total. The summed E-state index contributed by atoms with van der Waals surface area (Å²) in [6.45, 7) is 7.45. The van der Waals surface area contributed by atoms with Gasteiger partial charge in [-0.1, -0.05) is 13.8 Å². The first-order valence-electron chi connectivity index (χ1n) is 6.28. The average Bonchev–Trinajstić information content (AvgIpc) is 2.69. The number of aryl methyl sites for hydroxylation is 1. The summed E-state index contributed by atoms with van der Waals surface area (Å²) in [7, 11) is 1.68. The number of hydrogen-bond acceptors (Lipinski definition) is 2. The number of benzene rings is 1. The molecule has 18 heavy (non-hydrogen) atoms. The topological polar surface area (TPSA) is 27.1 Å². The van der Waals surface area contributed by atoms with E-state index >= 15 is 0 Å². The number of imidazole rings is 1. The molecule has 1 aromatic heterocycles. The SMILES string of the molecule is COc1ccc(-c2nc(C)cn2CC(C)C)cc1. The predicted octanol–water partition coefficient (Wildman–Crippen LogP) is 3.52. The van der Waals surface area contributed by atoms with Crippen LogP contribution in [-0.4, -0.2) is 16.7 Å². The lowest BCUT2D eigenvalue weighted by atomic mass is 10.2. The van der Waals surface area contributed by atoms with Gasteiger partial charge in [-0.25, -0.2) is 4.98 Å². The van der Waals surface area contributed by atoms with Crippen molar-refractivity contribution in [1.29, 1.82) is 0 Å². The standard InChI is InChI=1S/C15H20N2O/c1-11(2)9-17-10-12(3)16-15(17)13-5-7-14(18-4)8-6-13/h5-8,10-11H,9H2,1-4H3. The van der Waals surface area contributed by atoms with Gasteiger partial charge in [-0.3, -0.25) is 0 Å². The molecule has 0 amide bonds. The number of aromatic nitrogens is 2. The number of ether oxygens (including phenoxy) is 1. The van der Waals surface area contributed by atoms with Crippen molar-refractivity contribution in [3.63, 3.8) is 0 Å². The molecule has 0 spiro atoms. The molecule has 0 aliphatic carbocycles. The third kappa shape index (κ3) is 2.73. The number of methoxy groups -OCH3 is 1. The van der Waals surface area contributed by atoms with Crippen LogP contribution < -0.4 is 4.74 Å². The summed E-state index contributed by atoms with van der Waals surface area (Å²) in [6, 6.07) is 8.05. The minimum absolute atomic E-state index is 0.607. The van der Waals surface area contributed by atoms with Gasteiger partial charge in [0.15, 0.2) is 0 Å². The van der Waals surface area contributed by atoms with E-state index in [4.69, 9.17) is 4.74 Å². The van der Waals surface area contributed by atoms with Crippen LogP contribution in [-0.2, 0) is 6.54 Å². The highest BCUT2D eigenvalue weighted by molar-refractivity contribution is 5.57. The van der Waals surface area contributed by atoms with Gasteiger partial charge in [0.05, 0.1) is 12.8 Å². The monoisotopic (exact) mass is 244 g/mol. The van der Waals surface area contributed by atoms with Crippen molar-refractivity contribution in [2.45, 2.75) is 27.3 Å². The first-order valence-corrected chi connectivity index (χ1v) is 6.28. The molecule has 0 bridgehead atoms. The fourth-order valence-electron chi connectivity index (χ4n) is 2.05. The van der Waals surface area contributed by atoms with Crippen LogP contribution in [0.2, 0.25) is 0 Å². The van der Waals surface area contributed by atoms with Gasteiger partial charge < -0.3 is 9.30 Å². The Balaban J connectivity index is 2.36. The molecule has 1 heterocycles. The summed E-state index contributed by atoms with van der Waals surface area (Å²) in [5.41, 5.74) is 2.19. The molecular weight excluding hydrogens is 224 g/mol. The molecule has 1 aromatic carbocycles. The van der Waals surface area contributed by atoms with E-state index in [2.05, 4.69) is 41.7 Å². The van der Waals surface area contributed by atoms with E-state index in [1.54, 1.807) is 7.11 Å². The Morgan fingerprint density at radius 1 is 1.22 bits per heavy atom. The van der Waals surface area contributed by atoms with Gasteiger partial charge in [0.1, 0.15) is 11.6 Å². The van der Waals surface area contributed by atoms with Gasteiger partial charge in [-0.15, -0.1) is 0 Å². The lowest BCUT2D eigenvalue weighted by molar-refractivity contribution is 0.415. The van der Waals surface area contributed by atoms with Crippen LogP contribution in [0.4, 0.5) is 0 Å². The van der Waals surface area contributed by atoms with E-state index in [9.17, 15) is 0 Å². The normalized spacial score (nSPS) is 10.9. The third-order valence-corrected chi connectivity index (χ3v) is 2.81. The van der Waals surface area contributed by atoms with Gasteiger partial charge in [0, 0.05) is 18.3 Å². The summed E-state index contributed by atoms with van der Waals surface area (Å²) in [4.78, 5) is 4.61. The molecule has 0 aliphatic rings. The summed E-state index contributed by atoms with van der Waals surface area (Å²) in [6.07, 6.45) is 2.11. The largest absolute Gasteiger partial charge is 0.497 e. The molecule has 96 valence electrons. The second-order valence-electron chi connectivity index (χ2n) is 4.98. The smallest absolute Gasteiger partial charge is 0.140 e. The van der Waals surface area contributed by atoms with Crippen LogP contribution >= 0.6 is 0 Å². The first-order chi connectivity index (χ1) is 8.60. The van der Waals surface area contributed by atoms with E-state index in [0.29, 0.717) is 5.92 Å². The van der Waals surface area contributed by atoms with Crippen molar-refractivity contribution in [2.24, 2.45) is 5.92 Å². The molecule has 0 atom stereocenters. The Bertz CT molecular complexity index is 512. The maximum Gasteiger partial charge on any atom is 0.140 e. The van der Waals surface area contributed by atoms with Gasteiger partial charge in [0.25, 0.3) is 0 Å². The van der Waals surface area contributed by atoms with Crippen molar-refractivity contribution in [2.75, 3.05) is 7.11 Å². The molecule has 2 aromatic rings. The molecule has 3 heteroatoms. The van der Waals surface area contributed by atoms with Crippen molar-refractivity contribution in [1.82, 2.24) is 9.55 Å². The second-order valence-corrected chi connectivity index (χ2v) is 4.98. The minimum Gasteiger partial charge on any atom is -0.497 e. The van der Waals surface area contributed by atoms with Crippen molar-refractivity contribution in [3.05, 3.63) is 36.2 Å². The Hall–Kier alpha value is -1.77. The zero-order chi connectivity index (χ0) is 13.1. The van der Waals surface area contributed by atoms with E-state index in [1.807, 2.05) is 19.1 Å². The lowest BCUT2D eigenvalue weighted by Crippen LogP contribution is -2.05. The van der Waals surface area contributed by atoms with Crippen molar-refractivity contribution < 1.29 is 4.74 Å². The van der Waals surface area contributed by atoms with Gasteiger partial charge in [-0.2, -0.15) is 0 Å². The predicted molar refractivity (Wildman–Crippen MR) is 73.8 cm³/mol. The number of hydrogen-bond donors (Lipinski definition) is 0. The molecule has 0 radical (unpaired) electrons. The van der Waals surface area contributed by atoms with Gasteiger partial charge >= 0.3 is 0 Å². The first kappa shape index (κ1) is 12.7. The molecule has 2 rings (SSSR count). The van der Waals surface area contributed by atoms with Crippen molar-refractivity contribution in [3.8, 4) is 17.1 Å². The van der Waals surface area contributed by atoms with Crippen LogP contribution in [0.5, 0.6) is 5.75 Å². The van der Waals surface area contributed by atoms with E-state index < -0.39 is 0 Å². The Kier molecular flexibility index (Phi) is 3.70. The highest BCUT2D eigenvalue weighted by atomic mass is 16.5. The molecular formula is C15H20N2O. The van der Waals surface area contributed by atoms with Crippen LogP contribution in [0.1, 0.15) is 19.5 Å². The zero-order valence-electron chi connectivity index (χ0n) is 11.5. The number of rotatable bonds is 4. The minimum atomic E-state index is 0.607. The fraction of sp³-hybridized carbons (Fsp3) is 0.400. The molecule has 3 nitrogen and oxygen atoms in total. The third-order valence-electron chi connectivity index (χ3n) is 2.81. The van der Waals surface area contributed by atoms with Crippen molar-refractivity contribution >= 4 is 0 Å². The van der Waals surface area contributed by atoms with Gasteiger partial charge in [-0.05, 0) is 37.1 Å². The molecule has 0 fully saturated rings. The lowest BCUT2D eigenvalue weighted by Gasteiger charge is -2.10. The van der Waals surface area contributed by atoms with Gasteiger partial charge in [0.2, 0.25) is 0 Å². The summed E-state index contributed by atoms with van der Waals surface area (Å²) in [5, 5.41) is 0. The van der Waals surface area contributed by atoms with E-state index in [1.165, 1.54) is 0 Å². The number of nitrogens with zero attached hydrogens (tertiary/aromatic N) is 2. The fourth-order valence-corrected chi connectivity index (χ4v) is 2.05. The van der Waals surface area contributed by atoms with E-state index in [0.717, 1.165) is 29.4 Å².